The number of halogens is 1. The Morgan fingerprint density at radius 1 is 1.00 bits per heavy atom. The van der Waals surface area contributed by atoms with Gasteiger partial charge in [0.2, 0.25) is 0 Å². The summed E-state index contributed by atoms with van der Waals surface area (Å²) in [6.45, 7) is 0.467. The molecule has 0 saturated carbocycles. The summed E-state index contributed by atoms with van der Waals surface area (Å²) >= 11 is 5.55. The van der Waals surface area contributed by atoms with Crippen LogP contribution in [-0.4, -0.2) is 25.6 Å². The standard InChI is InChI=1S/C16H15ClN2O3/c1-21-16(20)12-2-4-13(5-3-12)18-19-14-6-8-15(9-7-14)22-11-10-17/h2-9H,10-11H2,1H3/b19-18+. The molecule has 2 aromatic rings. The molecular weight excluding hydrogens is 304 g/mol. The number of carbonyl (C=O) groups excluding carboxylic acids is 1. The maximum atomic E-state index is 11.3. The molecule has 0 aliphatic heterocycles. The van der Waals surface area contributed by atoms with E-state index in [0.29, 0.717) is 29.4 Å². The third kappa shape index (κ3) is 4.56. The van der Waals surface area contributed by atoms with Gasteiger partial charge in [-0.05, 0) is 48.5 Å². The SMILES string of the molecule is COC(=O)c1ccc(/N=N/c2ccc(OCCCl)cc2)cc1. The van der Waals surface area contributed by atoms with E-state index in [4.69, 9.17) is 16.3 Å². The fourth-order valence-electron chi connectivity index (χ4n) is 1.66. The number of esters is 1. The van der Waals surface area contributed by atoms with Gasteiger partial charge in [-0.15, -0.1) is 11.6 Å². The van der Waals surface area contributed by atoms with Crippen LogP contribution in [-0.2, 0) is 4.74 Å². The van der Waals surface area contributed by atoms with E-state index in [2.05, 4.69) is 15.0 Å². The van der Waals surface area contributed by atoms with Crippen molar-refractivity contribution in [3.8, 4) is 5.75 Å². The highest BCUT2D eigenvalue weighted by Crippen LogP contribution is 2.21. The number of benzene rings is 2. The van der Waals surface area contributed by atoms with Crippen molar-refractivity contribution in [3.63, 3.8) is 0 Å². The average molecular weight is 319 g/mol. The van der Waals surface area contributed by atoms with Gasteiger partial charge in [-0.25, -0.2) is 4.79 Å². The largest absolute Gasteiger partial charge is 0.492 e. The molecule has 0 bridgehead atoms. The molecule has 2 aromatic carbocycles. The second kappa shape index (κ2) is 8.14. The minimum atomic E-state index is -0.379. The van der Waals surface area contributed by atoms with Crippen LogP contribution in [0.4, 0.5) is 11.4 Å². The molecule has 2 rings (SSSR count). The van der Waals surface area contributed by atoms with Gasteiger partial charge in [-0.3, -0.25) is 0 Å². The van der Waals surface area contributed by atoms with Crippen LogP contribution in [0.25, 0.3) is 0 Å². The predicted octanol–water partition coefficient (Wildman–Crippen LogP) is 4.51. The molecule has 114 valence electrons. The summed E-state index contributed by atoms with van der Waals surface area (Å²) in [5, 5.41) is 8.23. The minimum Gasteiger partial charge on any atom is -0.492 e. The maximum absolute atomic E-state index is 11.3. The Hall–Kier alpha value is -2.40. The van der Waals surface area contributed by atoms with Crippen molar-refractivity contribution < 1.29 is 14.3 Å². The Morgan fingerprint density at radius 3 is 2.05 bits per heavy atom. The van der Waals surface area contributed by atoms with Gasteiger partial charge in [0, 0.05) is 0 Å². The van der Waals surface area contributed by atoms with Gasteiger partial charge in [-0.1, -0.05) is 0 Å². The lowest BCUT2D eigenvalue weighted by Crippen LogP contribution is -1.99. The molecule has 0 spiro atoms. The second-order valence-electron chi connectivity index (χ2n) is 4.27. The van der Waals surface area contributed by atoms with Gasteiger partial charge in [-0.2, -0.15) is 10.2 Å². The van der Waals surface area contributed by atoms with Crippen molar-refractivity contribution in [1.82, 2.24) is 0 Å². The van der Waals surface area contributed by atoms with E-state index in [-0.39, 0.29) is 5.97 Å². The van der Waals surface area contributed by atoms with Crippen molar-refractivity contribution in [2.45, 2.75) is 0 Å². The van der Waals surface area contributed by atoms with E-state index in [1.165, 1.54) is 7.11 Å². The zero-order valence-corrected chi connectivity index (χ0v) is 12.8. The first kappa shape index (κ1) is 16.0. The molecule has 0 saturated heterocycles. The smallest absolute Gasteiger partial charge is 0.337 e. The molecule has 0 fully saturated rings. The number of alkyl halides is 1. The minimum absolute atomic E-state index is 0.379. The van der Waals surface area contributed by atoms with E-state index in [1.807, 2.05) is 0 Å². The van der Waals surface area contributed by atoms with Gasteiger partial charge in [0.15, 0.2) is 0 Å². The van der Waals surface area contributed by atoms with Crippen LogP contribution in [0.15, 0.2) is 58.8 Å². The van der Waals surface area contributed by atoms with Crippen LogP contribution in [0.3, 0.4) is 0 Å². The van der Waals surface area contributed by atoms with E-state index < -0.39 is 0 Å². The maximum Gasteiger partial charge on any atom is 0.337 e. The number of hydrogen-bond acceptors (Lipinski definition) is 5. The molecule has 0 radical (unpaired) electrons. The zero-order chi connectivity index (χ0) is 15.8. The topological polar surface area (TPSA) is 60.2 Å². The van der Waals surface area contributed by atoms with Crippen LogP contribution in [0.2, 0.25) is 0 Å². The number of methoxy groups -OCH3 is 1. The van der Waals surface area contributed by atoms with Crippen molar-refractivity contribution in [2.75, 3.05) is 19.6 Å². The lowest BCUT2D eigenvalue weighted by Gasteiger charge is -2.03. The quantitative estimate of drug-likeness (QED) is 0.447. The fourth-order valence-corrected chi connectivity index (χ4v) is 1.74. The molecule has 0 N–H and O–H groups in total. The Balaban J connectivity index is 2.00. The monoisotopic (exact) mass is 318 g/mol. The first-order valence-corrected chi connectivity index (χ1v) is 7.15. The van der Waals surface area contributed by atoms with E-state index in [0.717, 1.165) is 5.75 Å². The van der Waals surface area contributed by atoms with Crippen LogP contribution in [0, 0.1) is 0 Å². The number of nitrogens with zero attached hydrogens (tertiary/aromatic N) is 2. The van der Waals surface area contributed by atoms with Gasteiger partial charge in [0.05, 0.1) is 29.9 Å². The molecule has 0 unspecified atom stereocenters. The third-order valence-corrected chi connectivity index (χ3v) is 2.91. The molecule has 5 nitrogen and oxygen atoms in total. The first-order valence-electron chi connectivity index (χ1n) is 6.62. The van der Waals surface area contributed by atoms with Gasteiger partial charge in [0.1, 0.15) is 12.4 Å². The molecule has 0 amide bonds. The zero-order valence-electron chi connectivity index (χ0n) is 12.0. The van der Waals surface area contributed by atoms with Gasteiger partial charge in [0.25, 0.3) is 0 Å². The summed E-state index contributed by atoms with van der Waals surface area (Å²) in [5.74, 6) is 0.807. The van der Waals surface area contributed by atoms with Crippen LogP contribution >= 0.6 is 11.6 Å². The number of ether oxygens (including phenoxy) is 2. The predicted molar refractivity (Wildman–Crippen MR) is 84.6 cm³/mol. The van der Waals surface area contributed by atoms with Crippen LogP contribution < -0.4 is 4.74 Å². The molecule has 22 heavy (non-hydrogen) atoms. The molecule has 0 atom stereocenters. The van der Waals surface area contributed by atoms with Crippen molar-refractivity contribution >= 4 is 28.9 Å². The molecule has 0 aromatic heterocycles. The number of carbonyl (C=O) groups is 1. The number of rotatable bonds is 6. The van der Waals surface area contributed by atoms with E-state index >= 15 is 0 Å². The number of azo groups is 1. The van der Waals surface area contributed by atoms with Gasteiger partial charge < -0.3 is 9.47 Å². The second-order valence-corrected chi connectivity index (χ2v) is 4.65. The first-order chi connectivity index (χ1) is 10.7. The molecule has 0 heterocycles. The van der Waals surface area contributed by atoms with Crippen LogP contribution in [0.1, 0.15) is 10.4 Å². The lowest BCUT2D eigenvalue weighted by atomic mass is 10.2. The Labute approximate surface area is 133 Å². The molecule has 0 aliphatic carbocycles. The van der Waals surface area contributed by atoms with Crippen molar-refractivity contribution in [2.24, 2.45) is 10.2 Å². The third-order valence-electron chi connectivity index (χ3n) is 2.75. The highest BCUT2D eigenvalue weighted by atomic mass is 35.5. The summed E-state index contributed by atoms with van der Waals surface area (Å²) in [6.07, 6.45) is 0. The Morgan fingerprint density at radius 2 is 1.55 bits per heavy atom. The van der Waals surface area contributed by atoms with Crippen LogP contribution in [0.5, 0.6) is 5.75 Å². The molecule has 0 aliphatic rings. The summed E-state index contributed by atoms with van der Waals surface area (Å²) in [6, 6.07) is 13.9. The Kier molecular flexibility index (Phi) is 5.91. The summed E-state index contributed by atoms with van der Waals surface area (Å²) in [7, 11) is 1.34. The highest BCUT2D eigenvalue weighted by molar-refractivity contribution is 6.18. The fraction of sp³-hybridized carbons (Fsp3) is 0.188. The lowest BCUT2D eigenvalue weighted by molar-refractivity contribution is 0.0601. The molecular formula is C16H15ClN2O3. The van der Waals surface area contributed by atoms with Crippen molar-refractivity contribution in [3.05, 3.63) is 54.1 Å². The average Bonchev–Trinajstić information content (AvgIpc) is 2.58. The van der Waals surface area contributed by atoms with E-state index in [1.54, 1.807) is 48.5 Å². The summed E-state index contributed by atoms with van der Waals surface area (Å²) in [4.78, 5) is 11.3. The highest BCUT2D eigenvalue weighted by Gasteiger charge is 2.03. The normalized spacial score (nSPS) is 10.6. The van der Waals surface area contributed by atoms with Gasteiger partial charge >= 0.3 is 5.97 Å². The molecule has 6 heteroatoms. The summed E-state index contributed by atoms with van der Waals surface area (Å²) in [5.41, 5.74) is 1.83. The summed E-state index contributed by atoms with van der Waals surface area (Å²) < 4.78 is 10.0. The van der Waals surface area contributed by atoms with E-state index in [9.17, 15) is 4.79 Å². The Bertz CT molecular complexity index is 639. The number of hydrogen-bond donors (Lipinski definition) is 0. The van der Waals surface area contributed by atoms with Crippen molar-refractivity contribution in [1.29, 1.82) is 0 Å².